The highest BCUT2D eigenvalue weighted by Crippen LogP contribution is 2.17. The summed E-state index contributed by atoms with van der Waals surface area (Å²) in [7, 11) is 3.65. The van der Waals surface area contributed by atoms with E-state index in [0.717, 1.165) is 0 Å². The second-order valence-electron chi connectivity index (χ2n) is 3.15. The van der Waals surface area contributed by atoms with E-state index in [-0.39, 0.29) is 11.1 Å². The lowest BCUT2D eigenvalue weighted by atomic mass is 10.2. The molecular formula is C10H13ClN2O2. The van der Waals surface area contributed by atoms with Crippen molar-refractivity contribution in [3.63, 3.8) is 0 Å². The minimum atomic E-state index is -0.384. The lowest BCUT2D eigenvalue weighted by molar-refractivity contribution is 0.0526. The van der Waals surface area contributed by atoms with E-state index >= 15 is 0 Å². The van der Waals surface area contributed by atoms with Crippen LogP contribution in [0, 0.1) is 0 Å². The SMILES string of the molecule is CCOC(=O)c1cc(Cl)nc(N(C)C)c1. The molecule has 0 fully saturated rings. The van der Waals surface area contributed by atoms with Crippen molar-refractivity contribution in [3.8, 4) is 0 Å². The van der Waals surface area contributed by atoms with Crippen LogP contribution in [-0.4, -0.2) is 31.7 Å². The molecule has 15 heavy (non-hydrogen) atoms. The molecule has 0 amide bonds. The summed E-state index contributed by atoms with van der Waals surface area (Å²) >= 11 is 5.79. The van der Waals surface area contributed by atoms with Gasteiger partial charge in [0.15, 0.2) is 0 Å². The fraction of sp³-hybridized carbons (Fsp3) is 0.400. The Morgan fingerprint density at radius 1 is 1.53 bits per heavy atom. The van der Waals surface area contributed by atoms with Crippen LogP contribution in [0.5, 0.6) is 0 Å². The highest BCUT2D eigenvalue weighted by molar-refractivity contribution is 6.29. The van der Waals surface area contributed by atoms with Gasteiger partial charge in [-0.05, 0) is 19.1 Å². The van der Waals surface area contributed by atoms with E-state index in [1.807, 2.05) is 14.1 Å². The number of pyridine rings is 1. The molecule has 0 aliphatic heterocycles. The molecule has 0 aromatic carbocycles. The van der Waals surface area contributed by atoms with Crippen LogP contribution in [0.1, 0.15) is 17.3 Å². The monoisotopic (exact) mass is 228 g/mol. The second kappa shape index (κ2) is 4.98. The van der Waals surface area contributed by atoms with Gasteiger partial charge in [0, 0.05) is 14.1 Å². The average Bonchev–Trinajstić information content (AvgIpc) is 2.17. The van der Waals surface area contributed by atoms with Gasteiger partial charge >= 0.3 is 5.97 Å². The van der Waals surface area contributed by atoms with Crippen molar-refractivity contribution in [1.29, 1.82) is 0 Å². The molecule has 0 bridgehead atoms. The Morgan fingerprint density at radius 2 is 2.20 bits per heavy atom. The Morgan fingerprint density at radius 3 is 2.73 bits per heavy atom. The molecule has 0 radical (unpaired) electrons. The van der Waals surface area contributed by atoms with Gasteiger partial charge in [-0.1, -0.05) is 11.6 Å². The molecule has 5 heteroatoms. The maximum absolute atomic E-state index is 11.4. The van der Waals surface area contributed by atoms with Crippen molar-refractivity contribution < 1.29 is 9.53 Å². The van der Waals surface area contributed by atoms with E-state index in [1.54, 1.807) is 17.9 Å². The molecule has 0 unspecified atom stereocenters. The number of halogens is 1. The van der Waals surface area contributed by atoms with Gasteiger partial charge in [-0.15, -0.1) is 0 Å². The molecule has 0 aliphatic carbocycles. The second-order valence-corrected chi connectivity index (χ2v) is 3.54. The summed E-state index contributed by atoms with van der Waals surface area (Å²) < 4.78 is 4.87. The Hall–Kier alpha value is -1.29. The fourth-order valence-corrected chi connectivity index (χ4v) is 1.25. The van der Waals surface area contributed by atoms with Crippen molar-refractivity contribution in [1.82, 2.24) is 4.98 Å². The summed E-state index contributed by atoms with van der Waals surface area (Å²) in [6.45, 7) is 2.10. The number of esters is 1. The Labute approximate surface area is 93.8 Å². The molecule has 0 N–H and O–H groups in total. The highest BCUT2D eigenvalue weighted by Gasteiger charge is 2.10. The summed E-state index contributed by atoms with van der Waals surface area (Å²) in [5.74, 6) is 0.246. The molecule has 0 aliphatic rings. The van der Waals surface area contributed by atoms with Crippen LogP contribution in [0.2, 0.25) is 5.15 Å². The van der Waals surface area contributed by atoms with Crippen LogP contribution in [0.4, 0.5) is 5.82 Å². The van der Waals surface area contributed by atoms with Crippen molar-refractivity contribution in [3.05, 3.63) is 22.8 Å². The number of carbonyl (C=O) groups excluding carboxylic acids is 1. The van der Waals surface area contributed by atoms with Gasteiger partial charge in [0.25, 0.3) is 0 Å². The smallest absolute Gasteiger partial charge is 0.338 e. The highest BCUT2D eigenvalue weighted by atomic mass is 35.5. The Balaban J connectivity index is 3.03. The number of hydrogen-bond donors (Lipinski definition) is 0. The third-order valence-corrected chi connectivity index (χ3v) is 1.94. The van der Waals surface area contributed by atoms with E-state index in [2.05, 4.69) is 4.98 Å². The molecular weight excluding hydrogens is 216 g/mol. The van der Waals surface area contributed by atoms with Crippen LogP contribution in [0.15, 0.2) is 12.1 Å². The number of aromatic nitrogens is 1. The van der Waals surface area contributed by atoms with Crippen LogP contribution >= 0.6 is 11.6 Å². The van der Waals surface area contributed by atoms with Gasteiger partial charge in [0.2, 0.25) is 0 Å². The largest absolute Gasteiger partial charge is 0.462 e. The first-order valence-electron chi connectivity index (χ1n) is 4.56. The number of rotatable bonds is 3. The molecule has 0 saturated heterocycles. The average molecular weight is 229 g/mol. The lowest BCUT2D eigenvalue weighted by Gasteiger charge is -2.12. The first-order chi connectivity index (χ1) is 7.04. The summed E-state index contributed by atoms with van der Waals surface area (Å²) in [6.07, 6.45) is 0. The zero-order valence-electron chi connectivity index (χ0n) is 8.95. The van der Waals surface area contributed by atoms with Gasteiger partial charge in [-0.2, -0.15) is 0 Å². The molecule has 0 saturated carbocycles. The number of hydrogen-bond acceptors (Lipinski definition) is 4. The number of anilines is 1. The number of nitrogens with zero attached hydrogens (tertiary/aromatic N) is 2. The zero-order chi connectivity index (χ0) is 11.4. The summed E-state index contributed by atoms with van der Waals surface area (Å²) in [5, 5.41) is 0.282. The summed E-state index contributed by atoms with van der Waals surface area (Å²) in [4.78, 5) is 17.3. The molecule has 1 aromatic rings. The predicted octanol–water partition coefficient (Wildman–Crippen LogP) is 1.98. The van der Waals surface area contributed by atoms with Gasteiger partial charge in [0.1, 0.15) is 11.0 Å². The van der Waals surface area contributed by atoms with Crippen LogP contribution in [0.25, 0.3) is 0 Å². The first kappa shape index (κ1) is 11.8. The summed E-state index contributed by atoms with van der Waals surface area (Å²) in [6, 6.07) is 3.14. The third-order valence-electron chi connectivity index (χ3n) is 1.75. The molecule has 4 nitrogen and oxygen atoms in total. The molecule has 1 heterocycles. The van der Waals surface area contributed by atoms with E-state index in [1.165, 1.54) is 6.07 Å². The normalized spacial score (nSPS) is 9.87. The quantitative estimate of drug-likeness (QED) is 0.586. The zero-order valence-corrected chi connectivity index (χ0v) is 9.71. The van der Waals surface area contributed by atoms with Crippen molar-refractivity contribution in [2.45, 2.75) is 6.92 Å². The van der Waals surface area contributed by atoms with E-state index in [4.69, 9.17) is 16.3 Å². The minimum absolute atomic E-state index is 0.282. The van der Waals surface area contributed by atoms with E-state index in [0.29, 0.717) is 18.0 Å². The van der Waals surface area contributed by atoms with Crippen molar-refractivity contribution in [2.75, 3.05) is 25.6 Å². The van der Waals surface area contributed by atoms with Crippen molar-refractivity contribution in [2.24, 2.45) is 0 Å². The number of ether oxygens (including phenoxy) is 1. The molecule has 1 rings (SSSR count). The molecule has 82 valence electrons. The van der Waals surface area contributed by atoms with Crippen molar-refractivity contribution >= 4 is 23.4 Å². The Kier molecular flexibility index (Phi) is 3.91. The van der Waals surface area contributed by atoms with Crippen LogP contribution in [-0.2, 0) is 4.74 Å². The van der Waals surface area contributed by atoms with Gasteiger partial charge < -0.3 is 9.64 Å². The van der Waals surface area contributed by atoms with Crippen LogP contribution < -0.4 is 4.90 Å². The van der Waals surface area contributed by atoms with Gasteiger partial charge in [-0.3, -0.25) is 0 Å². The van der Waals surface area contributed by atoms with E-state index < -0.39 is 0 Å². The standard InChI is InChI=1S/C10H13ClN2O2/c1-4-15-10(14)7-5-8(11)12-9(6-7)13(2)3/h5-6H,4H2,1-3H3. The first-order valence-corrected chi connectivity index (χ1v) is 4.94. The minimum Gasteiger partial charge on any atom is -0.462 e. The van der Waals surface area contributed by atoms with Crippen LogP contribution in [0.3, 0.4) is 0 Å². The maximum Gasteiger partial charge on any atom is 0.338 e. The molecule has 0 spiro atoms. The van der Waals surface area contributed by atoms with Gasteiger partial charge in [-0.25, -0.2) is 9.78 Å². The number of carbonyl (C=O) groups is 1. The summed E-state index contributed by atoms with van der Waals surface area (Å²) in [5.41, 5.74) is 0.417. The topological polar surface area (TPSA) is 42.4 Å². The van der Waals surface area contributed by atoms with E-state index in [9.17, 15) is 4.79 Å². The van der Waals surface area contributed by atoms with Gasteiger partial charge in [0.05, 0.1) is 12.2 Å². The maximum atomic E-state index is 11.4. The molecule has 1 aromatic heterocycles. The lowest BCUT2D eigenvalue weighted by Crippen LogP contribution is -2.13. The fourth-order valence-electron chi connectivity index (χ4n) is 1.04. The predicted molar refractivity (Wildman–Crippen MR) is 59.5 cm³/mol. The Bertz CT molecular complexity index is 366. The molecule has 0 atom stereocenters. The third kappa shape index (κ3) is 3.09.